The maximum atomic E-state index is 13.2. The Kier molecular flexibility index (Phi) is 6.06. The molecule has 31 heavy (non-hydrogen) atoms. The lowest BCUT2D eigenvalue weighted by Crippen LogP contribution is -2.06. The fraction of sp³-hybridized carbons (Fsp3) is 0.250. The van der Waals surface area contributed by atoms with Gasteiger partial charge >= 0.3 is 12.1 Å². The lowest BCUT2D eigenvalue weighted by molar-refractivity contribution is -0.137. The van der Waals surface area contributed by atoms with Crippen molar-refractivity contribution in [2.75, 3.05) is 7.11 Å². The van der Waals surface area contributed by atoms with Crippen molar-refractivity contribution in [3.8, 4) is 28.1 Å². The van der Waals surface area contributed by atoms with Gasteiger partial charge in [0.15, 0.2) is 0 Å². The smallest absolute Gasteiger partial charge is 0.416 e. The van der Waals surface area contributed by atoms with E-state index < -0.39 is 17.7 Å². The third-order valence-electron chi connectivity index (χ3n) is 5.22. The molecule has 0 aliphatic rings. The first-order valence-corrected chi connectivity index (χ1v) is 9.66. The Hall–Kier alpha value is -3.35. The Bertz CT molecular complexity index is 1130. The van der Waals surface area contributed by atoms with Gasteiger partial charge in [-0.2, -0.15) is 13.2 Å². The molecule has 0 amide bonds. The second-order valence-electron chi connectivity index (χ2n) is 7.29. The first kappa shape index (κ1) is 22.3. The molecule has 3 rings (SSSR count). The summed E-state index contributed by atoms with van der Waals surface area (Å²) in [6.45, 7) is 5.42. The number of nitrogens with zero attached hydrogens (tertiary/aromatic N) is 1. The highest BCUT2D eigenvalue weighted by Crippen LogP contribution is 2.39. The van der Waals surface area contributed by atoms with Crippen LogP contribution in [0.25, 0.3) is 22.3 Å². The lowest BCUT2D eigenvalue weighted by Gasteiger charge is -2.17. The lowest BCUT2D eigenvalue weighted by atomic mass is 9.91. The highest BCUT2D eigenvalue weighted by Gasteiger charge is 2.31. The molecule has 7 heteroatoms. The molecule has 0 fully saturated rings. The average Bonchev–Trinajstić information content (AvgIpc) is 2.71. The largest absolute Gasteiger partial charge is 0.481 e. The first-order valence-electron chi connectivity index (χ1n) is 9.66. The van der Waals surface area contributed by atoms with E-state index in [2.05, 4.69) is 4.98 Å². The molecule has 4 nitrogen and oxygen atoms in total. The van der Waals surface area contributed by atoms with Gasteiger partial charge in [0.2, 0.25) is 5.88 Å². The van der Waals surface area contributed by atoms with E-state index >= 15 is 0 Å². The van der Waals surface area contributed by atoms with Crippen LogP contribution in [-0.4, -0.2) is 23.2 Å². The number of hydrogen-bond donors (Lipinski definition) is 1. The van der Waals surface area contributed by atoms with Gasteiger partial charge in [0.1, 0.15) is 0 Å². The molecular formula is C24H22F3NO3. The Morgan fingerprint density at radius 2 is 1.71 bits per heavy atom. The minimum atomic E-state index is -4.42. The number of carbonyl (C=O) groups is 1. The van der Waals surface area contributed by atoms with E-state index in [1.807, 2.05) is 19.9 Å². The van der Waals surface area contributed by atoms with Gasteiger partial charge in [0, 0.05) is 17.3 Å². The van der Waals surface area contributed by atoms with E-state index in [4.69, 9.17) is 4.74 Å². The summed E-state index contributed by atoms with van der Waals surface area (Å²) in [6, 6.07) is 8.65. The number of methoxy groups -OCH3 is 1. The SMILES string of the molecule is CCc1cc(C(F)(F)F)ccc1-c1cc(-c2c(C)cc(C(=O)O)cc2C)cnc1OC. The molecule has 0 bridgehead atoms. The number of aryl methyl sites for hydroxylation is 3. The fourth-order valence-electron chi connectivity index (χ4n) is 3.81. The van der Waals surface area contributed by atoms with Gasteiger partial charge in [-0.05, 0) is 78.4 Å². The highest BCUT2D eigenvalue weighted by molar-refractivity contribution is 5.90. The zero-order chi connectivity index (χ0) is 22.9. The summed E-state index contributed by atoms with van der Waals surface area (Å²) in [5.74, 6) is -0.709. The molecule has 0 aliphatic heterocycles. The molecule has 1 aromatic heterocycles. The Morgan fingerprint density at radius 3 is 2.23 bits per heavy atom. The number of carboxylic acids is 1. The van der Waals surface area contributed by atoms with Gasteiger partial charge in [0.05, 0.1) is 18.2 Å². The molecule has 0 radical (unpaired) electrons. The zero-order valence-corrected chi connectivity index (χ0v) is 17.6. The third kappa shape index (κ3) is 4.40. The molecule has 162 valence electrons. The number of aromatic carboxylic acids is 1. The second-order valence-corrected chi connectivity index (χ2v) is 7.29. The van der Waals surface area contributed by atoms with Crippen LogP contribution in [0.5, 0.6) is 5.88 Å². The van der Waals surface area contributed by atoms with Crippen molar-refractivity contribution in [2.24, 2.45) is 0 Å². The molecule has 0 aliphatic carbocycles. The fourth-order valence-corrected chi connectivity index (χ4v) is 3.81. The van der Waals surface area contributed by atoms with E-state index in [0.29, 0.717) is 29.0 Å². The van der Waals surface area contributed by atoms with Gasteiger partial charge in [-0.15, -0.1) is 0 Å². The van der Waals surface area contributed by atoms with Crippen LogP contribution in [0.15, 0.2) is 42.6 Å². The molecule has 2 aromatic carbocycles. The number of carboxylic acid groups (broad SMARTS) is 1. The number of hydrogen-bond acceptors (Lipinski definition) is 3. The molecule has 0 spiro atoms. The number of pyridine rings is 1. The van der Waals surface area contributed by atoms with Crippen LogP contribution < -0.4 is 4.74 Å². The van der Waals surface area contributed by atoms with Crippen LogP contribution in [0, 0.1) is 13.8 Å². The van der Waals surface area contributed by atoms with Gasteiger partial charge in [-0.25, -0.2) is 9.78 Å². The topological polar surface area (TPSA) is 59.4 Å². The standard InChI is InChI=1S/C24H22F3NO3/c1-5-15-10-18(24(25,26)27)6-7-19(15)20-11-17(12-28-22(20)31-4)21-13(2)8-16(23(29)30)9-14(21)3/h6-12H,5H2,1-4H3,(H,29,30). The Labute approximate surface area is 178 Å². The molecule has 0 unspecified atom stereocenters. The number of benzene rings is 2. The van der Waals surface area contributed by atoms with E-state index in [1.165, 1.54) is 13.2 Å². The van der Waals surface area contributed by atoms with Crippen LogP contribution in [0.3, 0.4) is 0 Å². The van der Waals surface area contributed by atoms with Crippen molar-refractivity contribution < 1.29 is 27.8 Å². The molecule has 3 aromatic rings. The van der Waals surface area contributed by atoms with E-state index in [1.54, 1.807) is 25.3 Å². The van der Waals surface area contributed by atoms with E-state index in [-0.39, 0.29) is 5.56 Å². The summed E-state index contributed by atoms with van der Waals surface area (Å²) in [5.41, 5.74) is 4.28. The quantitative estimate of drug-likeness (QED) is 0.516. The summed E-state index contributed by atoms with van der Waals surface area (Å²) >= 11 is 0. The second kappa shape index (κ2) is 8.41. The summed E-state index contributed by atoms with van der Waals surface area (Å²) in [4.78, 5) is 15.7. The average molecular weight is 429 g/mol. The van der Waals surface area contributed by atoms with Gasteiger partial charge < -0.3 is 9.84 Å². The van der Waals surface area contributed by atoms with Crippen molar-refractivity contribution in [1.29, 1.82) is 0 Å². The van der Waals surface area contributed by atoms with Crippen molar-refractivity contribution in [3.05, 3.63) is 70.4 Å². The molecule has 0 saturated carbocycles. The number of ether oxygens (including phenoxy) is 1. The maximum Gasteiger partial charge on any atom is 0.416 e. The van der Waals surface area contributed by atoms with Crippen molar-refractivity contribution >= 4 is 5.97 Å². The van der Waals surface area contributed by atoms with E-state index in [9.17, 15) is 23.1 Å². The van der Waals surface area contributed by atoms with Crippen LogP contribution in [-0.2, 0) is 12.6 Å². The van der Waals surface area contributed by atoms with Gasteiger partial charge in [0.25, 0.3) is 0 Å². The maximum absolute atomic E-state index is 13.2. The molecule has 0 saturated heterocycles. The van der Waals surface area contributed by atoms with Crippen LogP contribution in [0.2, 0.25) is 0 Å². The number of alkyl halides is 3. The van der Waals surface area contributed by atoms with Crippen LogP contribution in [0.1, 0.15) is 39.5 Å². The minimum absolute atomic E-state index is 0.191. The van der Waals surface area contributed by atoms with Crippen molar-refractivity contribution in [1.82, 2.24) is 4.98 Å². The molecular weight excluding hydrogens is 407 g/mol. The number of rotatable bonds is 5. The van der Waals surface area contributed by atoms with Crippen molar-refractivity contribution in [2.45, 2.75) is 33.4 Å². The first-order chi connectivity index (χ1) is 14.6. The predicted octanol–water partition coefficient (Wildman–Crippen LogP) is 6.32. The minimum Gasteiger partial charge on any atom is -0.481 e. The molecule has 1 heterocycles. The number of aromatic nitrogens is 1. The third-order valence-corrected chi connectivity index (χ3v) is 5.22. The zero-order valence-electron chi connectivity index (χ0n) is 17.6. The Balaban J connectivity index is 2.21. The summed E-state index contributed by atoms with van der Waals surface area (Å²) in [7, 11) is 1.46. The van der Waals surface area contributed by atoms with Gasteiger partial charge in [-0.1, -0.05) is 13.0 Å². The van der Waals surface area contributed by atoms with Crippen molar-refractivity contribution in [3.63, 3.8) is 0 Å². The summed E-state index contributed by atoms with van der Waals surface area (Å²) < 4.78 is 44.9. The van der Waals surface area contributed by atoms with Gasteiger partial charge in [-0.3, -0.25) is 0 Å². The van der Waals surface area contributed by atoms with Crippen LogP contribution >= 0.6 is 0 Å². The van der Waals surface area contributed by atoms with Crippen LogP contribution in [0.4, 0.5) is 13.2 Å². The normalized spacial score (nSPS) is 11.5. The predicted molar refractivity (Wildman–Crippen MR) is 112 cm³/mol. The molecule has 0 atom stereocenters. The molecule has 1 N–H and O–H groups in total. The monoisotopic (exact) mass is 429 g/mol. The Morgan fingerprint density at radius 1 is 1.06 bits per heavy atom. The highest BCUT2D eigenvalue weighted by atomic mass is 19.4. The number of halogens is 3. The van der Waals surface area contributed by atoms with E-state index in [0.717, 1.165) is 34.4 Å². The summed E-state index contributed by atoms with van der Waals surface area (Å²) in [5, 5.41) is 9.28. The summed E-state index contributed by atoms with van der Waals surface area (Å²) in [6.07, 6.45) is -2.40.